The normalized spacial score (nSPS) is 12.5. The van der Waals surface area contributed by atoms with E-state index < -0.39 is 22.0 Å². The van der Waals surface area contributed by atoms with E-state index in [1.54, 1.807) is 44.2 Å². The highest BCUT2D eigenvalue weighted by atomic mass is 35.5. The molecule has 0 aliphatic carbocycles. The summed E-state index contributed by atoms with van der Waals surface area (Å²) in [4.78, 5) is 13.0. The van der Waals surface area contributed by atoms with Gasteiger partial charge in [-0.05, 0) is 68.1 Å². The lowest BCUT2D eigenvalue weighted by Gasteiger charge is -2.30. The van der Waals surface area contributed by atoms with Crippen LogP contribution in [0.4, 0.5) is 11.4 Å². The summed E-state index contributed by atoms with van der Waals surface area (Å²) in [5.41, 5.74) is 3.65. The third-order valence-corrected chi connectivity index (χ3v) is 5.91. The Balaban J connectivity index is 2.46. The predicted octanol–water partition coefficient (Wildman–Crippen LogP) is 4.45. The van der Waals surface area contributed by atoms with E-state index in [4.69, 9.17) is 11.6 Å². The van der Waals surface area contributed by atoms with Crippen LogP contribution < -0.4 is 9.62 Å². The lowest BCUT2D eigenvalue weighted by atomic mass is 10.1. The third-order valence-electron chi connectivity index (χ3n) is 4.32. The minimum Gasteiger partial charge on any atom is -0.324 e. The number of carbonyl (C=O) groups is 1. The zero-order valence-electron chi connectivity index (χ0n) is 16.2. The standard InChI is InChI=1S/C20H25ClN2O3S/c1-6-19(20(24)22-18-9-7-8-17(21)15(18)4)23(27(5,25)26)16-11-13(2)10-14(3)12-16/h7-12,19H,6H2,1-5H3,(H,22,24). The van der Waals surface area contributed by atoms with Crippen LogP contribution in [0.1, 0.15) is 30.0 Å². The Morgan fingerprint density at radius 2 is 1.74 bits per heavy atom. The van der Waals surface area contributed by atoms with Gasteiger partial charge >= 0.3 is 0 Å². The van der Waals surface area contributed by atoms with Crippen LogP contribution in [0.25, 0.3) is 0 Å². The van der Waals surface area contributed by atoms with Crippen LogP contribution in [0.5, 0.6) is 0 Å². The molecule has 0 radical (unpaired) electrons. The molecule has 2 aromatic rings. The summed E-state index contributed by atoms with van der Waals surface area (Å²) in [6.07, 6.45) is 1.44. The molecule has 0 fully saturated rings. The maximum Gasteiger partial charge on any atom is 0.248 e. The Kier molecular flexibility index (Phi) is 6.54. The maximum absolute atomic E-state index is 13.0. The van der Waals surface area contributed by atoms with E-state index in [0.717, 1.165) is 22.9 Å². The van der Waals surface area contributed by atoms with Gasteiger partial charge in [0.1, 0.15) is 6.04 Å². The van der Waals surface area contributed by atoms with Gasteiger partial charge in [-0.1, -0.05) is 30.7 Å². The second-order valence-corrected chi connectivity index (χ2v) is 9.00. The number of sulfonamides is 1. The Morgan fingerprint density at radius 3 is 2.26 bits per heavy atom. The summed E-state index contributed by atoms with van der Waals surface area (Å²) >= 11 is 6.12. The van der Waals surface area contributed by atoms with Crippen molar-refractivity contribution in [3.63, 3.8) is 0 Å². The van der Waals surface area contributed by atoms with Crippen molar-refractivity contribution >= 4 is 38.9 Å². The molecule has 0 aliphatic rings. The van der Waals surface area contributed by atoms with Gasteiger partial charge in [0.05, 0.1) is 11.9 Å². The molecule has 7 heteroatoms. The largest absolute Gasteiger partial charge is 0.324 e. The van der Waals surface area contributed by atoms with Crippen molar-refractivity contribution in [1.29, 1.82) is 0 Å². The lowest BCUT2D eigenvalue weighted by Crippen LogP contribution is -2.47. The highest BCUT2D eigenvalue weighted by molar-refractivity contribution is 7.92. The van der Waals surface area contributed by atoms with E-state index in [9.17, 15) is 13.2 Å². The molecule has 1 unspecified atom stereocenters. The number of amides is 1. The number of anilines is 2. The Bertz CT molecular complexity index is 937. The molecule has 5 nitrogen and oxygen atoms in total. The molecule has 146 valence electrons. The van der Waals surface area contributed by atoms with Crippen LogP contribution in [-0.4, -0.2) is 26.6 Å². The predicted molar refractivity (Wildman–Crippen MR) is 112 cm³/mol. The zero-order valence-corrected chi connectivity index (χ0v) is 17.8. The fourth-order valence-electron chi connectivity index (χ4n) is 3.10. The number of carbonyl (C=O) groups excluding carboxylic acids is 1. The van der Waals surface area contributed by atoms with Gasteiger partial charge in [-0.15, -0.1) is 0 Å². The number of nitrogens with one attached hydrogen (secondary N) is 1. The second-order valence-electron chi connectivity index (χ2n) is 6.73. The van der Waals surface area contributed by atoms with Gasteiger partial charge in [0, 0.05) is 10.7 Å². The summed E-state index contributed by atoms with van der Waals surface area (Å²) in [7, 11) is -3.67. The topological polar surface area (TPSA) is 66.5 Å². The quantitative estimate of drug-likeness (QED) is 0.767. The fourth-order valence-corrected chi connectivity index (χ4v) is 4.47. The van der Waals surface area contributed by atoms with Crippen LogP contribution in [0.15, 0.2) is 36.4 Å². The molecular formula is C20H25ClN2O3S. The number of nitrogens with zero attached hydrogens (tertiary/aromatic N) is 1. The van der Waals surface area contributed by atoms with Crippen molar-refractivity contribution in [2.45, 2.75) is 40.2 Å². The number of hydrogen-bond donors (Lipinski definition) is 1. The molecule has 2 rings (SSSR count). The molecule has 0 spiro atoms. The highest BCUT2D eigenvalue weighted by Gasteiger charge is 2.32. The van der Waals surface area contributed by atoms with Gasteiger partial charge in [0.25, 0.3) is 0 Å². The first-order chi connectivity index (χ1) is 12.5. The molecule has 27 heavy (non-hydrogen) atoms. The number of halogens is 1. The Hall–Kier alpha value is -2.05. The van der Waals surface area contributed by atoms with Crippen LogP contribution >= 0.6 is 11.6 Å². The molecule has 0 aromatic heterocycles. The third kappa shape index (κ3) is 5.02. The molecule has 0 saturated carbocycles. The van der Waals surface area contributed by atoms with E-state index in [0.29, 0.717) is 22.8 Å². The van der Waals surface area contributed by atoms with E-state index in [-0.39, 0.29) is 0 Å². The lowest BCUT2D eigenvalue weighted by molar-refractivity contribution is -0.117. The number of benzene rings is 2. The van der Waals surface area contributed by atoms with Crippen molar-refractivity contribution in [2.24, 2.45) is 0 Å². The van der Waals surface area contributed by atoms with Gasteiger partial charge in [0.15, 0.2) is 0 Å². The first-order valence-corrected chi connectivity index (χ1v) is 10.9. The van der Waals surface area contributed by atoms with Gasteiger partial charge in [-0.25, -0.2) is 8.42 Å². The minimum absolute atomic E-state index is 0.325. The van der Waals surface area contributed by atoms with Crippen LogP contribution in [0.2, 0.25) is 5.02 Å². The van der Waals surface area contributed by atoms with Gasteiger partial charge < -0.3 is 5.32 Å². The summed E-state index contributed by atoms with van der Waals surface area (Å²) in [5, 5.41) is 3.36. The molecule has 2 aromatic carbocycles. The Labute approximate surface area is 166 Å². The maximum atomic E-state index is 13.0. The SMILES string of the molecule is CCC(C(=O)Nc1cccc(Cl)c1C)N(c1cc(C)cc(C)c1)S(C)(=O)=O. The average molecular weight is 409 g/mol. The van der Waals surface area contributed by atoms with Crippen LogP contribution in [0.3, 0.4) is 0 Å². The van der Waals surface area contributed by atoms with Crippen molar-refractivity contribution < 1.29 is 13.2 Å². The van der Waals surface area contributed by atoms with Crippen molar-refractivity contribution in [3.8, 4) is 0 Å². The van der Waals surface area contributed by atoms with Gasteiger partial charge in [-0.2, -0.15) is 0 Å². The molecule has 1 amide bonds. The van der Waals surface area contributed by atoms with Gasteiger partial charge in [0.2, 0.25) is 15.9 Å². The first kappa shape index (κ1) is 21.3. The summed E-state index contributed by atoms with van der Waals surface area (Å²) in [5.74, 6) is -0.396. The van der Waals surface area contributed by atoms with Crippen LogP contribution in [0, 0.1) is 20.8 Å². The minimum atomic E-state index is -3.67. The number of rotatable bonds is 6. The summed E-state index contributed by atoms with van der Waals surface area (Å²) < 4.78 is 26.3. The molecular weight excluding hydrogens is 384 g/mol. The van der Waals surface area contributed by atoms with E-state index in [1.165, 1.54) is 4.31 Å². The fraction of sp³-hybridized carbons (Fsp3) is 0.350. The van der Waals surface area contributed by atoms with Gasteiger partial charge in [-0.3, -0.25) is 9.10 Å². The average Bonchev–Trinajstić information content (AvgIpc) is 2.54. The highest BCUT2D eigenvalue weighted by Crippen LogP contribution is 2.27. The number of hydrogen-bond acceptors (Lipinski definition) is 3. The molecule has 1 atom stereocenters. The molecule has 0 heterocycles. The zero-order chi connectivity index (χ0) is 20.4. The Morgan fingerprint density at radius 1 is 1.15 bits per heavy atom. The monoisotopic (exact) mass is 408 g/mol. The number of aryl methyl sites for hydroxylation is 2. The van der Waals surface area contributed by atoms with E-state index >= 15 is 0 Å². The smallest absolute Gasteiger partial charge is 0.248 e. The summed E-state index contributed by atoms with van der Waals surface area (Å²) in [6.45, 7) is 7.38. The van der Waals surface area contributed by atoms with Crippen LogP contribution in [-0.2, 0) is 14.8 Å². The van der Waals surface area contributed by atoms with E-state index in [2.05, 4.69) is 5.32 Å². The van der Waals surface area contributed by atoms with Crippen molar-refractivity contribution in [2.75, 3.05) is 15.9 Å². The van der Waals surface area contributed by atoms with Crippen molar-refractivity contribution in [3.05, 3.63) is 58.1 Å². The molecule has 0 aliphatic heterocycles. The van der Waals surface area contributed by atoms with E-state index in [1.807, 2.05) is 19.9 Å². The molecule has 1 N–H and O–H groups in total. The van der Waals surface area contributed by atoms with Crippen molar-refractivity contribution in [1.82, 2.24) is 0 Å². The molecule has 0 saturated heterocycles. The summed E-state index contributed by atoms with van der Waals surface area (Å²) in [6, 6.07) is 9.85. The molecule has 0 bridgehead atoms. The first-order valence-electron chi connectivity index (χ1n) is 8.68. The second kappa shape index (κ2) is 8.31.